The summed E-state index contributed by atoms with van der Waals surface area (Å²) in [6.45, 7) is 3.74. The number of Topliss-reactive ketones (excluding diaryl/α,β-unsaturated/α-hetero) is 1. The second-order valence-corrected chi connectivity index (χ2v) is 5.24. The van der Waals surface area contributed by atoms with Gasteiger partial charge in [0.15, 0.2) is 12.4 Å². The highest BCUT2D eigenvalue weighted by Gasteiger charge is 2.14. The number of methoxy groups -OCH3 is 1. The molecular weight excluding hydrogens is 294 g/mol. The van der Waals surface area contributed by atoms with Gasteiger partial charge in [-0.05, 0) is 43.2 Å². The number of ketones is 1. The monoisotopic (exact) mass is 313 g/mol. The lowest BCUT2D eigenvalue weighted by Gasteiger charge is -2.11. The maximum Gasteiger partial charge on any atom is 0.252 e. The van der Waals surface area contributed by atoms with Crippen molar-refractivity contribution in [3.05, 3.63) is 58.7 Å². The molecule has 120 valence electrons. The average molecular weight is 313 g/mol. The molecule has 0 aliphatic carbocycles. The second-order valence-electron chi connectivity index (χ2n) is 5.24. The normalized spacial score (nSPS) is 10.2. The van der Waals surface area contributed by atoms with Crippen LogP contribution in [-0.4, -0.2) is 25.4 Å². The van der Waals surface area contributed by atoms with E-state index in [1.54, 1.807) is 12.1 Å². The molecule has 0 heterocycles. The van der Waals surface area contributed by atoms with Crippen LogP contribution in [0.1, 0.15) is 31.8 Å². The van der Waals surface area contributed by atoms with Crippen LogP contribution < -0.4 is 15.2 Å². The number of amides is 1. The van der Waals surface area contributed by atoms with E-state index in [2.05, 4.69) is 0 Å². The molecule has 0 spiro atoms. The Kier molecular flexibility index (Phi) is 5.01. The van der Waals surface area contributed by atoms with Gasteiger partial charge in [-0.15, -0.1) is 0 Å². The number of hydrogen-bond acceptors (Lipinski definition) is 4. The zero-order valence-electron chi connectivity index (χ0n) is 13.4. The zero-order valence-corrected chi connectivity index (χ0v) is 13.4. The summed E-state index contributed by atoms with van der Waals surface area (Å²) >= 11 is 0. The molecule has 0 aliphatic rings. The van der Waals surface area contributed by atoms with Crippen molar-refractivity contribution in [1.29, 1.82) is 0 Å². The summed E-state index contributed by atoms with van der Waals surface area (Å²) in [4.78, 5) is 23.7. The van der Waals surface area contributed by atoms with Crippen LogP contribution >= 0.6 is 0 Å². The van der Waals surface area contributed by atoms with Crippen molar-refractivity contribution in [2.24, 2.45) is 5.73 Å². The van der Waals surface area contributed by atoms with Gasteiger partial charge >= 0.3 is 0 Å². The van der Waals surface area contributed by atoms with E-state index in [-0.39, 0.29) is 23.7 Å². The summed E-state index contributed by atoms with van der Waals surface area (Å²) in [5, 5.41) is 0. The molecule has 0 aromatic heterocycles. The number of rotatable bonds is 6. The second kappa shape index (κ2) is 6.96. The minimum absolute atomic E-state index is 0.175. The fourth-order valence-electron chi connectivity index (χ4n) is 2.09. The van der Waals surface area contributed by atoms with Crippen molar-refractivity contribution in [3.8, 4) is 11.5 Å². The average Bonchev–Trinajstić information content (AvgIpc) is 2.54. The number of aryl methyl sites for hydroxylation is 2. The minimum Gasteiger partial charge on any atom is -0.497 e. The first kappa shape index (κ1) is 16.5. The van der Waals surface area contributed by atoms with Gasteiger partial charge in [-0.2, -0.15) is 0 Å². The number of carbonyl (C=O) groups is 2. The van der Waals surface area contributed by atoms with E-state index < -0.39 is 5.91 Å². The topological polar surface area (TPSA) is 78.6 Å². The SMILES string of the molecule is COc1ccc(C(N)=O)c(OCC(=O)c2ccc(C)c(C)c2)c1. The van der Waals surface area contributed by atoms with Crippen molar-refractivity contribution in [3.63, 3.8) is 0 Å². The maximum atomic E-state index is 12.2. The quantitative estimate of drug-likeness (QED) is 0.832. The highest BCUT2D eigenvalue weighted by atomic mass is 16.5. The number of benzene rings is 2. The van der Waals surface area contributed by atoms with Crippen LogP contribution in [0.5, 0.6) is 11.5 Å². The molecule has 0 unspecified atom stereocenters. The summed E-state index contributed by atoms with van der Waals surface area (Å²) in [5.41, 5.74) is 8.24. The Bertz CT molecular complexity index is 753. The number of carbonyl (C=O) groups excluding carboxylic acids is 2. The van der Waals surface area contributed by atoms with Gasteiger partial charge in [0.05, 0.1) is 12.7 Å². The van der Waals surface area contributed by atoms with E-state index in [0.29, 0.717) is 11.3 Å². The number of nitrogens with two attached hydrogens (primary N) is 1. The van der Waals surface area contributed by atoms with E-state index in [4.69, 9.17) is 15.2 Å². The van der Waals surface area contributed by atoms with Gasteiger partial charge in [0.25, 0.3) is 5.91 Å². The molecule has 5 nitrogen and oxygen atoms in total. The highest BCUT2D eigenvalue weighted by Crippen LogP contribution is 2.24. The third-order valence-electron chi connectivity index (χ3n) is 3.64. The molecule has 2 aromatic rings. The molecule has 23 heavy (non-hydrogen) atoms. The Morgan fingerprint density at radius 2 is 1.78 bits per heavy atom. The Morgan fingerprint density at radius 3 is 2.39 bits per heavy atom. The van der Waals surface area contributed by atoms with Crippen molar-refractivity contribution >= 4 is 11.7 Å². The first-order valence-corrected chi connectivity index (χ1v) is 7.13. The Balaban J connectivity index is 2.17. The molecule has 0 bridgehead atoms. The third-order valence-corrected chi connectivity index (χ3v) is 3.64. The Hall–Kier alpha value is -2.82. The van der Waals surface area contributed by atoms with Crippen LogP contribution in [0.15, 0.2) is 36.4 Å². The van der Waals surface area contributed by atoms with E-state index in [0.717, 1.165) is 11.1 Å². The van der Waals surface area contributed by atoms with Crippen molar-refractivity contribution in [2.45, 2.75) is 13.8 Å². The van der Waals surface area contributed by atoms with Crippen LogP contribution in [-0.2, 0) is 0 Å². The fourth-order valence-corrected chi connectivity index (χ4v) is 2.09. The highest BCUT2D eigenvalue weighted by molar-refractivity contribution is 5.98. The summed E-state index contributed by atoms with van der Waals surface area (Å²) < 4.78 is 10.6. The van der Waals surface area contributed by atoms with Gasteiger partial charge in [0.2, 0.25) is 0 Å². The number of ether oxygens (including phenoxy) is 2. The molecule has 0 atom stereocenters. The van der Waals surface area contributed by atoms with Crippen molar-refractivity contribution in [1.82, 2.24) is 0 Å². The lowest BCUT2D eigenvalue weighted by Crippen LogP contribution is -2.16. The molecule has 0 radical (unpaired) electrons. The smallest absolute Gasteiger partial charge is 0.252 e. The standard InChI is InChI=1S/C18H19NO4/c1-11-4-5-13(8-12(11)2)16(20)10-23-17-9-14(22-3)6-7-15(17)18(19)21/h4-9H,10H2,1-3H3,(H2,19,21). The van der Waals surface area contributed by atoms with Crippen LogP contribution in [0.25, 0.3) is 0 Å². The van der Waals surface area contributed by atoms with Crippen LogP contribution in [0.3, 0.4) is 0 Å². The molecule has 1 amide bonds. The van der Waals surface area contributed by atoms with Crippen LogP contribution in [0, 0.1) is 13.8 Å². The number of hydrogen-bond donors (Lipinski definition) is 1. The van der Waals surface area contributed by atoms with Gasteiger partial charge in [0.1, 0.15) is 11.5 Å². The van der Waals surface area contributed by atoms with Gasteiger partial charge in [-0.1, -0.05) is 12.1 Å². The van der Waals surface area contributed by atoms with Crippen molar-refractivity contribution < 1.29 is 19.1 Å². The molecule has 2 N–H and O–H groups in total. The molecule has 2 aromatic carbocycles. The van der Waals surface area contributed by atoms with E-state index in [1.807, 2.05) is 26.0 Å². The van der Waals surface area contributed by atoms with E-state index in [1.165, 1.54) is 19.2 Å². The third kappa shape index (κ3) is 3.88. The maximum absolute atomic E-state index is 12.2. The molecule has 0 fully saturated rings. The van der Waals surface area contributed by atoms with Crippen molar-refractivity contribution in [2.75, 3.05) is 13.7 Å². The molecule has 2 rings (SSSR count). The molecule has 0 saturated carbocycles. The Labute approximate surface area is 135 Å². The molecule has 0 aliphatic heterocycles. The molecular formula is C18H19NO4. The minimum atomic E-state index is -0.624. The van der Waals surface area contributed by atoms with Crippen LogP contribution in [0.4, 0.5) is 0 Å². The summed E-state index contributed by atoms with van der Waals surface area (Å²) in [5.74, 6) is -0.0507. The fraction of sp³-hybridized carbons (Fsp3) is 0.222. The zero-order chi connectivity index (χ0) is 17.0. The van der Waals surface area contributed by atoms with Gasteiger partial charge in [-0.3, -0.25) is 9.59 Å². The summed E-state index contributed by atoms with van der Waals surface area (Å²) in [7, 11) is 1.50. The molecule has 5 heteroatoms. The summed E-state index contributed by atoms with van der Waals surface area (Å²) in [6.07, 6.45) is 0. The largest absolute Gasteiger partial charge is 0.497 e. The Morgan fingerprint density at radius 1 is 1.04 bits per heavy atom. The lowest BCUT2D eigenvalue weighted by molar-refractivity contribution is 0.0912. The van der Waals surface area contributed by atoms with E-state index in [9.17, 15) is 9.59 Å². The first-order chi connectivity index (χ1) is 10.9. The van der Waals surface area contributed by atoms with E-state index >= 15 is 0 Å². The van der Waals surface area contributed by atoms with Gasteiger partial charge in [0, 0.05) is 11.6 Å². The summed E-state index contributed by atoms with van der Waals surface area (Å²) in [6, 6.07) is 10.1. The molecule has 0 saturated heterocycles. The van der Waals surface area contributed by atoms with Crippen LogP contribution in [0.2, 0.25) is 0 Å². The van der Waals surface area contributed by atoms with Gasteiger partial charge in [-0.25, -0.2) is 0 Å². The predicted octanol–water partition coefficient (Wildman–Crippen LogP) is 2.67. The predicted molar refractivity (Wildman–Crippen MR) is 87.3 cm³/mol. The first-order valence-electron chi connectivity index (χ1n) is 7.13. The number of primary amides is 1. The lowest BCUT2D eigenvalue weighted by atomic mass is 10.0. The van der Waals surface area contributed by atoms with Gasteiger partial charge < -0.3 is 15.2 Å².